The van der Waals surface area contributed by atoms with Crippen LogP contribution in [0.2, 0.25) is 0 Å². The zero-order valence-corrected chi connectivity index (χ0v) is 7.43. The van der Waals surface area contributed by atoms with Crippen LogP contribution in [0.25, 0.3) is 0 Å². The van der Waals surface area contributed by atoms with E-state index in [1.807, 2.05) is 19.1 Å². The SMILES string of the molecule is C=C(Br)C=CC(C)=C[NH2+]O. The molecule has 0 amide bonds. The lowest BCUT2D eigenvalue weighted by Crippen LogP contribution is -2.73. The second-order valence-electron chi connectivity index (χ2n) is 1.84. The van der Waals surface area contributed by atoms with Crippen LogP contribution in [0.15, 0.2) is 35.0 Å². The van der Waals surface area contributed by atoms with Gasteiger partial charge in [-0.15, -0.1) is 0 Å². The van der Waals surface area contributed by atoms with E-state index in [0.717, 1.165) is 15.5 Å². The lowest BCUT2D eigenvalue weighted by molar-refractivity contribution is -0.838. The van der Waals surface area contributed by atoms with Crippen molar-refractivity contribution in [3.8, 4) is 0 Å². The molecule has 0 unspecified atom stereocenters. The molecule has 0 bridgehead atoms. The first kappa shape index (κ1) is 9.62. The highest BCUT2D eigenvalue weighted by molar-refractivity contribution is 9.11. The monoisotopic (exact) mass is 204 g/mol. The lowest BCUT2D eigenvalue weighted by Gasteiger charge is -1.85. The van der Waals surface area contributed by atoms with Gasteiger partial charge >= 0.3 is 0 Å². The van der Waals surface area contributed by atoms with Gasteiger partial charge in [-0.2, -0.15) is 5.48 Å². The predicted octanol–water partition coefficient (Wildman–Crippen LogP) is 1.31. The molecule has 0 saturated heterocycles. The molecule has 56 valence electrons. The van der Waals surface area contributed by atoms with Crippen molar-refractivity contribution in [1.82, 2.24) is 0 Å². The van der Waals surface area contributed by atoms with Crippen LogP contribution >= 0.6 is 15.9 Å². The summed E-state index contributed by atoms with van der Waals surface area (Å²) < 4.78 is 0.818. The molecule has 0 aliphatic rings. The number of nitrogens with two attached hydrogens (primary N) is 1. The van der Waals surface area contributed by atoms with Crippen molar-refractivity contribution in [2.45, 2.75) is 6.92 Å². The Labute approximate surface area is 69.0 Å². The Kier molecular flexibility index (Phi) is 5.20. The Morgan fingerprint density at radius 2 is 2.20 bits per heavy atom. The van der Waals surface area contributed by atoms with E-state index in [1.54, 1.807) is 6.20 Å². The van der Waals surface area contributed by atoms with Crippen LogP contribution in [0.4, 0.5) is 0 Å². The van der Waals surface area contributed by atoms with Gasteiger partial charge in [-0.05, 0) is 13.0 Å². The number of hydrogen-bond donors (Lipinski definition) is 2. The van der Waals surface area contributed by atoms with E-state index in [-0.39, 0.29) is 0 Å². The van der Waals surface area contributed by atoms with E-state index >= 15 is 0 Å². The minimum atomic E-state index is 0.818. The maximum Gasteiger partial charge on any atom is 0.128 e. The van der Waals surface area contributed by atoms with Crippen molar-refractivity contribution in [1.29, 1.82) is 0 Å². The van der Waals surface area contributed by atoms with Gasteiger partial charge in [-0.25, -0.2) is 5.21 Å². The number of allylic oxidation sites excluding steroid dienone is 4. The summed E-state index contributed by atoms with van der Waals surface area (Å²) in [6.45, 7) is 5.51. The average molecular weight is 205 g/mol. The second-order valence-corrected chi connectivity index (χ2v) is 2.86. The van der Waals surface area contributed by atoms with Crippen LogP contribution in [0.1, 0.15) is 6.92 Å². The molecule has 3 N–H and O–H groups in total. The molecule has 0 rings (SSSR count). The Hall–Kier alpha value is -0.380. The molecular formula is C7H11BrNO+. The Morgan fingerprint density at radius 1 is 1.60 bits per heavy atom. The summed E-state index contributed by atoms with van der Waals surface area (Å²) in [5.41, 5.74) is 1.99. The molecule has 0 aromatic carbocycles. The third-order valence-electron chi connectivity index (χ3n) is 0.864. The lowest BCUT2D eigenvalue weighted by atomic mass is 10.3. The third kappa shape index (κ3) is 5.75. The molecular weight excluding hydrogens is 194 g/mol. The third-order valence-corrected chi connectivity index (χ3v) is 1.13. The van der Waals surface area contributed by atoms with Gasteiger partial charge < -0.3 is 0 Å². The molecule has 3 heteroatoms. The molecule has 0 aliphatic heterocycles. The van der Waals surface area contributed by atoms with Crippen molar-refractivity contribution in [2.75, 3.05) is 0 Å². The Balaban J connectivity index is 3.89. The summed E-state index contributed by atoms with van der Waals surface area (Å²) in [6, 6.07) is 0. The number of rotatable bonds is 3. The summed E-state index contributed by atoms with van der Waals surface area (Å²) in [5, 5.41) is 8.33. The fourth-order valence-electron chi connectivity index (χ4n) is 0.395. The fraction of sp³-hybridized carbons (Fsp3) is 0.143. The van der Waals surface area contributed by atoms with Crippen LogP contribution in [-0.4, -0.2) is 5.21 Å². The van der Waals surface area contributed by atoms with E-state index in [9.17, 15) is 0 Å². The molecule has 0 spiro atoms. The van der Waals surface area contributed by atoms with Crippen LogP contribution in [0, 0.1) is 0 Å². The van der Waals surface area contributed by atoms with E-state index in [2.05, 4.69) is 22.5 Å². The molecule has 0 radical (unpaired) electrons. The van der Waals surface area contributed by atoms with Crippen molar-refractivity contribution in [2.24, 2.45) is 0 Å². The van der Waals surface area contributed by atoms with Crippen LogP contribution in [-0.2, 0) is 0 Å². The smallest absolute Gasteiger partial charge is 0.128 e. The quantitative estimate of drug-likeness (QED) is 0.528. The maximum atomic E-state index is 8.33. The first-order valence-electron chi connectivity index (χ1n) is 2.83. The van der Waals surface area contributed by atoms with Gasteiger partial charge in [-0.1, -0.05) is 28.6 Å². The highest BCUT2D eigenvalue weighted by atomic mass is 79.9. The summed E-state index contributed by atoms with van der Waals surface area (Å²) in [7, 11) is 0. The highest BCUT2D eigenvalue weighted by Crippen LogP contribution is 2.03. The van der Waals surface area contributed by atoms with Crippen LogP contribution in [0.3, 0.4) is 0 Å². The molecule has 0 aromatic heterocycles. The zero-order chi connectivity index (χ0) is 7.98. The number of hydrogen-bond acceptors (Lipinski definition) is 1. The van der Waals surface area contributed by atoms with Crippen LogP contribution in [0.5, 0.6) is 0 Å². The number of quaternary nitrogens is 1. The van der Waals surface area contributed by atoms with E-state index < -0.39 is 0 Å². The van der Waals surface area contributed by atoms with Crippen molar-refractivity contribution in [3.05, 3.63) is 35.0 Å². The van der Waals surface area contributed by atoms with Crippen LogP contribution < -0.4 is 5.48 Å². The van der Waals surface area contributed by atoms with E-state index in [0.29, 0.717) is 0 Å². The zero-order valence-electron chi connectivity index (χ0n) is 5.84. The molecule has 0 aliphatic carbocycles. The second kappa shape index (κ2) is 5.41. The summed E-state index contributed by atoms with van der Waals surface area (Å²) in [6.07, 6.45) is 5.27. The summed E-state index contributed by atoms with van der Waals surface area (Å²) in [5.74, 6) is 0. The van der Waals surface area contributed by atoms with Gasteiger partial charge in [0.05, 0.1) is 0 Å². The van der Waals surface area contributed by atoms with Gasteiger partial charge in [0.15, 0.2) is 0 Å². The van der Waals surface area contributed by atoms with Gasteiger partial charge in [0.1, 0.15) is 6.20 Å². The van der Waals surface area contributed by atoms with Gasteiger partial charge in [0.25, 0.3) is 0 Å². The summed E-state index contributed by atoms with van der Waals surface area (Å²) >= 11 is 3.17. The Bertz CT molecular complexity index is 172. The summed E-state index contributed by atoms with van der Waals surface area (Å²) in [4.78, 5) is 0. The number of halogens is 1. The largest absolute Gasteiger partial charge is 0.216 e. The first-order chi connectivity index (χ1) is 4.66. The van der Waals surface area contributed by atoms with Crippen molar-refractivity contribution in [3.63, 3.8) is 0 Å². The molecule has 0 saturated carbocycles. The molecule has 0 atom stereocenters. The van der Waals surface area contributed by atoms with Gasteiger partial charge in [0.2, 0.25) is 0 Å². The van der Waals surface area contributed by atoms with E-state index in [4.69, 9.17) is 5.21 Å². The van der Waals surface area contributed by atoms with Gasteiger partial charge in [0, 0.05) is 10.1 Å². The Morgan fingerprint density at radius 3 is 2.60 bits per heavy atom. The normalized spacial score (nSPS) is 12.5. The predicted molar refractivity (Wildman–Crippen MR) is 44.7 cm³/mol. The highest BCUT2D eigenvalue weighted by Gasteiger charge is 1.82. The average Bonchev–Trinajstić information content (AvgIpc) is 1.85. The molecule has 0 heterocycles. The molecule has 2 nitrogen and oxygen atoms in total. The van der Waals surface area contributed by atoms with Crippen molar-refractivity contribution >= 4 is 15.9 Å². The molecule has 10 heavy (non-hydrogen) atoms. The molecule has 0 fully saturated rings. The maximum absolute atomic E-state index is 8.33. The van der Waals surface area contributed by atoms with Gasteiger partial charge in [-0.3, -0.25) is 0 Å². The van der Waals surface area contributed by atoms with Crippen molar-refractivity contribution < 1.29 is 10.7 Å². The standard InChI is InChI=1S/C7H10BrNO/c1-6(5-9-10)3-4-7(2)8/h3-5,9-10H,2H2,1H3/p+1. The minimum absolute atomic E-state index is 0.818. The minimum Gasteiger partial charge on any atom is -0.216 e. The van der Waals surface area contributed by atoms with E-state index in [1.165, 1.54) is 0 Å². The number of hydroxylamine groups is 1. The fourth-order valence-corrected chi connectivity index (χ4v) is 0.527. The first-order valence-corrected chi connectivity index (χ1v) is 3.63. The topological polar surface area (TPSA) is 36.8 Å². The molecule has 0 aromatic rings.